The molecule has 0 aromatic heterocycles. The molecule has 0 N–H and O–H groups in total. The molecular weight excluding hydrogens is 451 g/mol. The lowest BCUT2D eigenvalue weighted by atomic mass is 9.82. The van der Waals surface area contributed by atoms with Crippen LogP contribution in [-0.4, -0.2) is 43.5 Å². The third-order valence-electron chi connectivity index (χ3n) is 7.12. The van der Waals surface area contributed by atoms with Gasteiger partial charge in [0, 0.05) is 44.6 Å². The molecule has 2 aliphatic heterocycles. The van der Waals surface area contributed by atoms with Gasteiger partial charge in [-0.1, -0.05) is 48.5 Å². The Morgan fingerprint density at radius 1 is 0.971 bits per heavy atom. The molecule has 2 heterocycles. The van der Waals surface area contributed by atoms with Crippen LogP contribution in [0.5, 0.6) is 0 Å². The Morgan fingerprint density at radius 2 is 1.66 bits per heavy atom. The molecule has 1 amide bonds. The van der Waals surface area contributed by atoms with Gasteiger partial charge in [0.2, 0.25) is 5.91 Å². The summed E-state index contributed by atoms with van der Waals surface area (Å²) in [5, 5.41) is 0. The van der Waals surface area contributed by atoms with E-state index >= 15 is 0 Å². The van der Waals surface area contributed by atoms with Gasteiger partial charge in [-0.05, 0) is 47.9 Å². The van der Waals surface area contributed by atoms with E-state index in [1.54, 1.807) is 18.0 Å². The minimum atomic E-state index is -4.42. The normalized spacial score (nSPS) is 19.7. The fourth-order valence-electron chi connectivity index (χ4n) is 5.38. The van der Waals surface area contributed by atoms with E-state index in [4.69, 9.17) is 0 Å². The first-order valence-electron chi connectivity index (χ1n) is 11.9. The highest BCUT2D eigenvalue weighted by Crippen LogP contribution is 2.40. The number of piperazine rings is 1. The van der Waals surface area contributed by atoms with Crippen molar-refractivity contribution >= 4 is 17.3 Å². The Morgan fingerprint density at radius 3 is 2.34 bits per heavy atom. The zero-order valence-electron chi connectivity index (χ0n) is 19.6. The molecular formula is C28H28F3N3O. The zero-order valence-corrected chi connectivity index (χ0v) is 19.6. The third kappa shape index (κ3) is 4.72. The quantitative estimate of drug-likeness (QED) is 0.513. The number of amides is 1. The molecule has 2 atom stereocenters. The Labute approximate surface area is 203 Å². The van der Waals surface area contributed by atoms with Crippen LogP contribution in [-0.2, 0) is 23.9 Å². The van der Waals surface area contributed by atoms with Crippen molar-refractivity contribution in [3.05, 3.63) is 95.6 Å². The zero-order chi connectivity index (χ0) is 24.6. The molecule has 182 valence electrons. The van der Waals surface area contributed by atoms with E-state index in [2.05, 4.69) is 21.9 Å². The summed E-state index contributed by atoms with van der Waals surface area (Å²) in [7, 11) is 1.78. The van der Waals surface area contributed by atoms with Crippen molar-refractivity contribution in [2.75, 3.05) is 36.5 Å². The van der Waals surface area contributed by atoms with Gasteiger partial charge in [0.15, 0.2) is 0 Å². The summed E-state index contributed by atoms with van der Waals surface area (Å²) in [5.41, 5.74) is 2.85. The van der Waals surface area contributed by atoms with Crippen molar-refractivity contribution in [2.24, 2.45) is 5.92 Å². The second-order valence-corrected chi connectivity index (χ2v) is 9.37. The number of hydrogen-bond donors (Lipinski definition) is 0. The van der Waals surface area contributed by atoms with Crippen molar-refractivity contribution in [2.45, 2.75) is 25.2 Å². The fraction of sp³-hybridized carbons (Fsp3) is 0.321. The highest BCUT2D eigenvalue weighted by molar-refractivity contribution is 5.82. The predicted octanol–water partition coefficient (Wildman–Crippen LogP) is 5.23. The van der Waals surface area contributed by atoms with Crippen LogP contribution in [0.2, 0.25) is 0 Å². The standard InChI is InChI=1S/C28H28F3N3O/c1-32(18-20-8-4-2-5-9-20)27(35)24-17-21-16-22(28(29,30)31)12-13-25(21)34-15-14-33(19-26(24)34)23-10-6-3-7-11-23/h2-13,16,24,26H,14-15,17-19H2,1H3/t24-,26-/m1/s1. The fourth-order valence-corrected chi connectivity index (χ4v) is 5.38. The first kappa shape index (κ1) is 23.3. The monoisotopic (exact) mass is 479 g/mol. The van der Waals surface area contributed by atoms with Crippen LogP contribution < -0.4 is 9.80 Å². The van der Waals surface area contributed by atoms with Crippen LogP contribution in [0.25, 0.3) is 0 Å². The molecule has 1 fully saturated rings. The maximum absolute atomic E-state index is 13.8. The van der Waals surface area contributed by atoms with Crippen molar-refractivity contribution < 1.29 is 18.0 Å². The number of alkyl halides is 3. The number of benzene rings is 3. The van der Waals surface area contributed by atoms with Gasteiger partial charge >= 0.3 is 6.18 Å². The Bertz CT molecular complexity index is 1180. The first-order chi connectivity index (χ1) is 16.8. The second kappa shape index (κ2) is 9.29. The highest BCUT2D eigenvalue weighted by Gasteiger charge is 2.43. The number of anilines is 2. The third-order valence-corrected chi connectivity index (χ3v) is 7.12. The summed E-state index contributed by atoms with van der Waals surface area (Å²) < 4.78 is 40.4. The predicted molar refractivity (Wildman–Crippen MR) is 131 cm³/mol. The topological polar surface area (TPSA) is 26.8 Å². The number of fused-ring (bicyclic) bond motifs is 3. The lowest BCUT2D eigenvalue weighted by molar-refractivity contribution is -0.137. The summed E-state index contributed by atoms with van der Waals surface area (Å²) >= 11 is 0. The molecule has 3 aromatic carbocycles. The Hall–Kier alpha value is -3.48. The SMILES string of the molecule is CN(Cc1ccccc1)C(=O)[C@@H]1Cc2cc(C(F)(F)F)ccc2N2CCN(c3ccccc3)C[C@H]12. The smallest absolute Gasteiger partial charge is 0.368 e. The summed E-state index contributed by atoms with van der Waals surface area (Å²) in [5.74, 6) is -0.479. The summed E-state index contributed by atoms with van der Waals surface area (Å²) in [4.78, 5) is 19.9. The van der Waals surface area contributed by atoms with E-state index in [1.807, 2.05) is 48.5 Å². The second-order valence-electron chi connectivity index (χ2n) is 9.37. The van der Waals surface area contributed by atoms with Gasteiger partial charge in [0.25, 0.3) is 0 Å². The number of rotatable bonds is 4. The van der Waals surface area contributed by atoms with Gasteiger partial charge in [-0.3, -0.25) is 4.79 Å². The molecule has 0 unspecified atom stereocenters. The van der Waals surface area contributed by atoms with Crippen LogP contribution >= 0.6 is 0 Å². The van der Waals surface area contributed by atoms with Gasteiger partial charge in [-0.15, -0.1) is 0 Å². The van der Waals surface area contributed by atoms with Crippen LogP contribution in [0.1, 0.15) is 16.7 Å². The van der Waals surface area contributed by atoms with Crippen molar-refractivity contribution in [1.29, 1.82) is 0 Å². The molecule has 4 nitrogen and oxygen atoms in total. The average Bonchev–Trinajstić information content (AvgIpc) is 2.87. The molecule has 0 saturated carbocycles. The molecule has 7 heteroatoms. The van der Waals surface area contributed by atoms with Crippen molar-refractivity contribution in [3.8, 4) is 0 Å². The molecule has 0 aliphatic carbocycles. The first-order valence-corrected chi connectivity index (χ1v) is 11.9. The number of nitrogens with zero attached hydrogens (tertiary/aromatic N) is 3. The van der Waals surface area contributed by atoms with Gasteiger partial charge < -0.3 is 14.7 Å². The largest absolute Gasteiger partial charge is 0.416 e. The lowest BCUT2D eigenvalue weighted by Crippen LogP contribution is -2.61. The number of hydrogen-bond acceptors (Lipinski definition) is 3. The van der Waals surface area contributed by atoms with E-state index < -0.39 is 17.7 Å². The van der Waals surface area contributed by atoms with E-state index in [0.29, 0.717) is 31.6 Å². The van der Waals surface area contributed by atoms with Gasteiger partial charge in [0.05, 0.1) is 17.5 Å². The minimum absolute atomic E-state index is 0.0400. The summed E-state index contributed by atoms with van der Waals surface area (Å²) in [6.45, 7) is 2.48. The molecule has 2 aliphatic rings. The van der Waals surface area contributed by atoms with Gasteiger partial charge in [-0.25, -0.2) is 0 Å². The molecule has 5 rings (SSSR count). The molecule has 1 saturated heterocycles. The highest BCUT2D eigenvalue weighted by atomic mass is 19.4. The molecule has 3 aromatic rings. The Kier molecular flexibility index (Phi) is 6.17. The number of para-hydroxylation sites is 1. The molecule has 35 heavy (non-hydrogen) atoms. The van der Waals surface area contributed by atoms with Gasteiger partial charge in [-0.2, -0.15) is 13.2 Å². The van der Waals surface area contributed by atoms with Gasteiger partial charge in [0.1, 0.15) is 0 Å². The molecule has 0 spiro atoms. The summed E-state index contributed by atoms with van der Waals surface area (Å²) in [6.07, 6.45) is -4.12. The van der Waals surface area contributed by atoms with E-state index in [1.165, 1.54) is 6.07 Å². The molecule has 0 bridgehead atoms. The average molecular weight is 480 g/mol. The van der Waals surface area contributed by atoms with Crippen molar-refractivity contribution in [3.63, 3.8) is 0 Å². The van der Waals surface area contributed by atoms with Crippen LogP contribution in [0, 0.1) is 5.92 Å². The van der Waals surface area contributed by atoms with E-state index in [0.717, 1.165) is 29.5 Å². The van der Waals surface area contributed by atoms with Crippen LogP contribution in [0.15, 0.2) is 78.9 Å². The number of halogens is 3. The van der Waals surface area contributed by atoms with Crippen LogP contribution in [0.3, 0.4) is 0 Å². The van der Waals surface area contributed by atoms with E-state index in [9.17, 15) is 18.0 Å². The molecule has 0 radical (unpaired) electrons. The number of carbonyl (C=O) groups excluding carboxylic acids is 1. The van der Waals surface area contributed by atoms with Crippen molar-refractivity contribution in [1.82, 2.24) is 4.90 Å². The van der Waals surface area contributed by atoms with Crippen LogP contribution in [0.4, 0.5) is 24.5 Å². The minimum Gasteiger partial charge on any atom is -0.368 e. The lowest BCUT2D eigenvalue weighted by Gasteiger charge is -2.50. The summed E-state index contributed by atoms with van der Waals surface area (Å²) in [6, 6.07) is 23.7. The maximum atomic E-state index is 13.8. The number of carbonyl (C=O) groups is 1. The Balaban J connectivity index is 1.47. The maximum Gasteiger partial charge on any atom is 0.416 e. The van der Waals surface area contributed by atoms with E-state index in [-0.39, 0.29) is 11.9 Å².